The lowest BCUT2D eigenvalue weighted by Gasteiger charge is -2.09. The molecule has 1 aromatic rings. The van der Waals surface area contributed by atoms with Gasteiger partial charge in [0.1, 0.15) is 0 Å². The van der Waals surface area contributed by atoms with Gasteiger partial charge in [-0.1, -0.05) is 28.1 Å². The standard InChI is InChI=1S/C9H9BrN2O3/c10-7-3-1-6(2-4-7)5-8(13)12(15)9(11)14/h1-4,15H,5H2,(H2,11,14). The molecule has 5 nitrogen and oxygen atoms in total. The number of benzene rings is 1. The monoisotopic (exact) mass is 272 g/mol. The first-order valence-corrected chi connectivity index (χ1v) is 4.85. The highest BCUT2D eigenvalue weighted by Gasteiger charge is 2.16. The topological polar surface area (TPSA) is 83.6 Å². The molecule has 3 N–H and O–H groups in total. The van der Waals surface area contributed by atoms with Gasteiger partial charge in [-0.3, -0.25) is 10.0 Å². The van der Waals surface area contributed by atoms with Crippen molar-refractivity contribution in [2.24, 2.45) is 5.73 Å². The molecule has 6 heteroatoms. The summed E-state index contributed by atoms with van der Waals surface area (Å²) < 4.78 is 0.884. The van der Waals surface area contributed by atoms with Crippen molar-refractivity contribution in [2.75, 3.05) is 0 Å². The summed E-state index contributed by atoms with van der Waals surface area (Å²) in [7, 11) is 0. The second-order valence-corrected chi connectivity index (χ2v) is 3.76. The Kier molecular flexibility index (Phi) is 3.81. The highest BCUT2D eigenvalue weighted by Crippen LogP contribution is 2.11. The van der Waals surface area contributed by atoms with Crippen LogP contribution in [0.1, 0.15) is 5.56 Å². The van der Waals surface area contributed by atoms with Gasteiger partial charge in [-0.2, -0.15) is 0 Å². The van der Waals surface area contributed by atoms with Crippen LogP contribution < -0.4 is 5.73 Å². The van der Waals surface area contributed by atoms with Crippen LogP contribution in [0.3, 0.4) is 0 Å². The number of primary amides is 1. The Morgan fingerprint density at radius 1 is 1.33 bits per heavy atom. The summed E-state index contributed by atoms with van der Waals surface area (Å²) in [6.45, 7) is 0. The first-order chi connectivity index (χ1) is 7.00. The predicted octanol–water partition coefficient (Wildman–Crippen LogP) is 1.29. The Balaban J connectivity index is 2.66. The molecule has 0 bridgehead atoms. The smallest absolute Gasteiger partial charge is 0.345 e. The first kappa shape index (κ1) is 11.7. The molecule has 0 aliphatic rings. The fourth-order valence-electron chi connectivity index (χ4n) is 0.975. The van der Waals surface area contributed by atoms with Gasteiger partial charge in [0.2, 0.25) is 0 Å². The molecule has 0 aromatic heterocycles. The van der Waals surface area contributed by atoms with Crippen LogP contribution in [-0.4, -0.2) is 22.2 Å². The Hall–Kier alpha value is -1.40. The van der Waals surface area contributed by atoms with E-state index in [-0.39, 0.29) is 11.5 Å². The number of urea groups is 1. The maximum absolute atomic E-state index is 11.2. The van der Waals surface area contributed by atoms with Crippen LogP contribution in [0.15, 0.2) is 28.7 Å². The van der Waals surface area contributed by atoms with Crippen molar-refractivity contribution < 1.29 is 14.8 Å². The van der Waals surface area contributed by atoms with E-state index in [4.69, 9.17) is 10.9 Å². The highest BCUT2D eigenvalue weighted by molar-refractivity contribution is 9.10. The number of rotatable bonds is 2. The zero-order chi connectivity index (χ0) is 11.4. The van der Waals surface area contributed by atoms with Crippen LogP contribution in [0.2, 0.25) is 0 Å². The average Bonchev–Trinajstić information content (AvgIpc) is 2.20. The van der Waals surface area contributed by atoms with E-state index in [1.165, 1.54) is 0 Å². The van der Waals surface area contributed by atoms with Crippen LogP contribution in [0.25, 0.3) is 0 Å². The molecule has 80 valence electrons. The molecule has 0 saturated carbocycles. The lowest BCUT2D eigenvalue weighted by Crippen LogP contribution is -2.38. The van der Waals surface area contributed by atoms with Crippen LogP contribution in [0.4, 0.5) is 4.79 Å². The number of nitrogens with zero attached hydrogens (tertiary/aromatic N) is 1. The molecular weight excluding hydrogens is 264 g/mol. The van der Waals surface area contributed by atoms with E-state index in [2.05, 4.69) is 15.9 Å². The van der Waals surface area contributed by atoms with Gasteiger partial charge in [-0.25, -0.2) is 4.79 Å². The van der Waals surface area contributed by atoms with E-state index in [1.807, 2.05) is 0 Å². The molecule has 0 saturated heterocycles. The number of hydrogen-bond acceptors (Lipinski definition) is 3. The Bertz CT molecular complexity index is 377. The van der Waals surface area contributed by atoms with Crippen molar-refractivity contribution in [3.05, 3.63) is 34.3 Å². The maximum Gasteiger partial charge on any atom is 0.345 e. The van der Waals surface area contributed by atoms with Gasteiger partial charge in [0, 0.05) is 4.47 Å². The van der Waals surface area contributed by atoms with Gasteiger partial charge in [-0.05, 0) is 17.7 Å². The van der Waals surface area contributed by atoms with Crippen molar-refractivity contribution in [1.82, 2.24) is 5.06 Å². The molecule has 0 aliphatic carbocycles. The van der Waals surface area contributed by atoms with Crippen molar-refractivity contribution >= 4 is 27.9 Å². The second kappa shape index (κ2) is 4.90. The first-order valence-electron chi connectivity index (χ1n) is 4.06. The average molecular weight is 273 g/mol. The summed E-state index contributed by atoms with van der Waals surface area (Å²) in [5.41, 5.74) is 5.41. The van der Waals surface area contributed by atoms with Crippen LogP contribution in [-0.2, 0) is 11.2 Å². The molecule has 0 unspecified atom stereocenters. The number of carbonyl (C=O) groups excluding carboxylic acids is 2. The normalized spacial score (nSPS) is 9.73. The van der Waals surface area contributed by atoms with E-state index in [0.717, 1.165) is 4.47 Å². The lowest BCUT2D eigenvalue weighted by atomic mass is 10.1. The quantitative estimate of drug-likeness (QED) is 0.629. The molecule has 0 atom stereocenters. The fourth-order valence-corrected chi connectivity index (χ4v) is 1.24. The van der Waals surface area contributed by atoms with Crippen LogP contribution >= 0.6 is 15.9 Å². The molecule has 0 fully saturated rings. The van der Waals surface area contributed by atoms with E-state index in [1.54, 1.807) is 24.3 Å². The highest BCUT2D eigenvalue weighted by atomic mass is 79.9. The SMILES string of the molecule is NC(=O)N(O)C(=O)Cc1ccc(Br)cc1. The molecule has 1 aromatic carbocycles. The van der Waals surface area contributed by atoms with Gasteiger partial charge >= 0.3 is 6.03 Å². The summed E-state index contributed by atoms with van der Waals surface area (Å²) >= 11 is 3.24. The molecular formula is C9H9BrN2O3. The third-order valence-electron chi connectivity index (χ3n) is 1.71. The largest absolute Gasteiger partial charge is 0.349 e. The van der Waals surface area contributed by atoms with Crippen LogP contribution in [0, 0.1) is 0 Å². The van der Waals surface area contributed by atoms with Crippen molar-refractivity contribution in [3.8, 4) is 0 Å². The Morgan fingerprint density at radius 3 is 2.33 bits per heavy atom. The third-order valence-corrected chi connectivity index (χ3v) is 2.24. The van der Waals surface area contributed by atoms with Crippen molar-refractivity contribution in [3.63, 3.8) is 0 Å². The van der Waals surface area contributed by atoms with E-state index >= 15 is 0 Å². The third kappa shape index (κ3) is 3.34. The van der Waals surface area contributed by atoms with E-state index < -0.39 is 11.9 Å². The van der Waals surface area contributed by atoms with Gasteiger partial charge in [-0.15, -0.1) is 5.06 Å². The van der Waals surface area contributed by atoms with Gasteiger partial charge in [0.25, 0.3) is 5.91 Å². The summed E-state index contributed by atoms with van der Waals surface area (Å²) in [5.74, 6) is -0.759. The Morgan fingerprint density at radius 2 is 1.87 bits per heavy atom. The minimum atomic E-state index is -1.18. The van der Waals surface area contributed by atoms with E-state index in [0.29, 0.717) is 5.56 Å². The van der Waals surface area contributed by atoms with Gasteiger partial charge in [0.05, 0.1) is 6.42 Å². The summed E-state index contributed by atoms with van der Waals surface area (Å²) in [6.07, 6.45) is -0.0767. The van der Waals surface area contributed by atoms with Crippen molar-refractivity contribution in [1.29, 1.82) is 0 Å². The summed E-state index contributed by atoms with van der Waals surface area (Å²) in [4.78, 5) is 21.7. The number of hydrogen-bond donors (Lipinski definition) is 2. The molecule has 0 heterocycles. The lowest BCUT2D eigenvalue weighted by molar-refractivity contribution is -0.151. The zero-order valence-electron chi connectivity index (χ0n) is 7.68. The molecule has 0 aliphatic heterocycles. The summed E-state index contributed by atoms with van der Waals surface area (Å²) in [5, 5.41) is 8.82. The summed E-state index contributed by atoms with van der Waals surface area (Å²) in [6, 6.07) is 5.74. The fraction of sp³-hybridized carbons (Fsp3) is 0.111. The van der Waals surface area contributed by atoms with Gasteiger partial charge < -0.3 is 5.73 Å². The van der Waals surface area contributed by atoms with E-state index in [9.17, 15) is 9.59 Å². The number of amides is 3. The zero-order valence-corrected chi connectivity index (χ0v) is 9.27. The number of carbonyl (C=O) groups is 2. The predicted molar refractivity (Wildman–Crippen MR) is 56.1 cm³/mol. The Labute approximate surface area is 94.6 Å². The molecule has 1 rings (SSSR count). The molecule has 15 heavy (non-hydrogen) atoms. The van der Waals surface area contributed by atoms with Crippen molar-refractivity contribution in [2.45, 2.75) is 6.42 Å². The molecule has 0 spiro atoms. The molecule has 0 radical (unpaired) electrons. The number of nitrogens with two attached hydrogens (primary N) is 1. The number of halogens is 1. The minimum absolute atomic E-state index is 0.0767. The van der Waals surface area contributed by atoms with Gasteiger partial charge in [0.15, 0.2) is 0 Å². The number of hydroxylamine groups is 2. The second-order valence-electron chi connectivity index (χ2n) is 2.85. The maximum atomic E-state index is 11.2. The number of imide groups is 1. The minimum Gasteiger partial charge on any atom is -0.349 e. The molecule has 3 amide bonds. The van der Waals surface area contributed by atoms with Crippen LogP contribution in [0.5, 0.6) is 0 Å².